The molecule has 0 aliphatic carbocycles. The predicted octanol–water partition coefficient (Wildman–Crippen LogP) is 3.43. The van der Waals surface area contributed by atoms with E-state index >= 15 is 0 Å². The molecule has 18 heavy (non-hydrogen) atoms. The largest absolute Gasteiger partial charge is 0.381 e. The van der Waals surface area contributed by atoms with Crippen LogP contribution in [0.5, 0.6) is 0 Å². The topological polar surface area (TPSA) is 21.3 Å². The fourth-order valence-electron chi connectivity index (χ4n) is 1.79. The molecule has 4 heteroatoms. The van der Waals surface area contributed by atoms with E-state index < -0.39 is 0 Å². The lowest BCUT2D eigenvalue weighted by molar-refractivity contribution is 0.125. The van der Waals surface area contributed by atoms with Crippen LogP contribution in [0.15, 0.2) is 18.2 Å². The third kappa shape index (κ3) is 4.92. The third-order valence-electron chi connectivity index (χ3n) is 2.87. The van der Waals surface area contributed by atoms with Crippen LogP contribution in [0.2, 0.25) is 5.02 Å². The van der Waals surface area contributed by atoms with Crippen LogP contribution in [0.3, 0.4) is 0 Å². The van der Waals surface area contributed by atoms with Crippen LogP contribution in [-0.2, 0) is 11.2 Å². The van der Waals surface area contributed by atoms with E-state index in [1.54, 1.807) is 6.07 Å². The lowest BCUT2D eigenvalue weighted by atomic mass is 10.0. The molecule has 1 unspecified atom stereocenters. The molecule has 0 spiro atoms. The summed E-state index contributed by atoms with van der Waals surface area (Å²) in [6.45, 7) is 3.59. The molecule has 102 valence electrons. The molecule has 0 saturated heterocycles. The summed E-state index contributed by atoms with van der Waals surface area (Å²) in [7, 11) is 1.90. The zero-order chi connectivity index (χ0) is 13.4. The number of hydrogen-bond acceptors (Lipinski definition) is 2. The summed E-state index contributed by atoms with van der Waals surface area (Å²) in [5.74, 6) is -0.355. The Balaban J connectivity index is 2.49. The second-order valence-electron chi connectivity index (χ2n) is 4.30. The van der Waals surface area contributed by atoms with E-state index in [9.17, 15) is 4.39 Å². The zero-order valence-electron chi connectivity index (χ0n) is 11.0. The zero-order valence-corrected chi connectivity index (χ0v) is 11.8. The summed E-state index contributed by atoms with van der Waals surface area (Å²) in [5.41, 5.74) is 0.839. The lowest BCUT2D eigenvalue weighted by Gasteiger charge is -2.17. The summed E-state index contributed by atoms with van der Waals surface area (Å²) >= 11 is 5.94. The third-order valence-corrected chi connectivity index (χ3v) is 3.29. The van der Waals surface area contributed by atoms with Gasteiger partial charge in [0.25, 0.3) is 0 Å². The van der Waals surface area contributed by atoms with E-state index in [-0.39, 0.29) is 16.9 Å². The summed E-state index contributed by atoms with van der Waals surface area (Å²) in [6.07, 6.45) is 2.63. The molecule has 1 rings (SSSR count). The molecule has 0 aliphatic heterocycles. The van der Waals surface area contributed by atoms with Crippen molar-refractivity contribution in [1.29, 1.82) is 0 Å². The molecule has 0 radical (unpaired) electrons. The Morgan fingerprint density at radius 2 is 2.17 bits per heavy atom. The van der Waals surface area contributed by atoms with E-state index in [1.165, 1.54) is 6.07 Å². The van der Waals surface area contributed by atoms with Crippen LogP contribution in [0.25, 0.3) is 0 Å². The Labute approximate surface area is 113 Å². The van der Waals surface area contributed by atoms with Crippen LogP contribution in [-0.4, -0.2) is 26.3 Å². The van der Waals surface area contributed by atoms with Crippen molar-refractivity contribution in [2.24, 2.45) is 0 Å². The van der Waals surface area contributed by atoms with Crippen molar-refractivity contribution in [2.75, 3.05) is 20.3 Å². The van der Waals surface area contributed by atoms with Gasteiger partial charge in [-0.3, -0.25) is 0 Å². The quantitative estimate of drug-likeness (QED) is 0.733. The molecule has 1 N–H and O–H groups in total. The van der Waals surface area contributed by atoms with Gasteiger partial charge in [-0.05, 0) is 37.9 Å². The van der Waals surface area contributed by atoms with E-state index in [2.05, 4.69) is 12.2 Å². The van der Waals surface area contributed by atoms with Gasteiger partial charge in [0.05, 0.1) is 5.02 Å². The molecule has 1 aromatic rings. The van der Waals surface area contributed by atoms with E-state index in [0.717, 1.165) is 25.0 Å². The highest BCUT2D eigenvalue weighted by Crippen LogP contribution is 2.21. The standard InChI is InChI=1S/C14H21ClFNO/c1-3-8-18-9-7-12(17-2)10-11-5-4-6-13(16)14(11)15/h4-6,12,17H,3,7-10H2,1-2H3. The summed E-state index contributed by atoms with van der Waals surface area (Å²) < 4.78 is 18.8. The molecular formula is C14H21ClFNO. The number of rotatable bonds is 8. The Hall–Kier alpha value is -0.640. The summed E-state index contributed by atoms with van der Waals surface area (Å²) in [5, 5.41) is 3.44. The first-order valence-electron chi connectivity index (χ1n) is 6.37. The summed E-state index contributed by atoms with van der Waals surface area (Å²) in [4.78, 5) is 0. The number of halogens is 2. The molecule has 0 heterocycles. The maximum absolute atomic E-state index is 13.3. The normalized spacial score (nSPS) is 12.7. The van der Waals surface area contributed by atoms with Gasteiger partial charge in [-0.2, -0.15) is 0 Å². The van der Waals surface area contributed by atoms with E-state index in [4.69, 9.17) is 16.3 Å². The molecule has 0 bridgehead atoms. The van der Waals surface area contributed by atoms with Gasteiger partial charge >= 0.3 is 0 Å². The first-order valence-corrected chi connectivity index (χ1v) is 6.74. The van der Waals surface area contributed by atoms with Crippen molar-refractivity contribution in [3.05, 3.63) is 34.6 Å². The molecule has 0 amide bonds. The first-order chi connectivity index (χ1) is 8.69. The Kier molecular flexibility index (Phi) is 7.25. The maximum atomic E-state index is 13.3. The van der Waals surface area contributed by atoms with Crippen molar-refractivity contribution in [2.45, 2.75) is 32.2 Å². The Morgan fingerprint density at radius 1 is 1.39 bits per heavy atom. The van der Waals surface area contributed by atoms with Crippen LogP contribution < -0.4 is 5.32 Å². The van der Waals surface area contributed by atoms with Gasteiger partial charge in [0.1, 0.15) is 5.82 Å². The fraction of sp³-hybridized carbons (Fsp3) is 0.571. The monoisotopic (exact) mass is 273 g/mol. The molecule has 0 fully saturated rings. The fourth-order valence-corrected chi connectivity index (χ4v) is 2.00. The average molecular weight is 274 g/mol. The van der Waals surface area contributed by atoms with E-state index in [0.29, 0.717) is 13.0 Å². The molecule has 1 aromatic carbocycles. The van der Waals surface area contributed by atoms with Crippen molar-refractivity contribution < 1.29 is 9.13 Å². The van der Waals surface area contributed by atoms with Crippen LogP contribution in [0.1, 0.15) is 25.3 Å². The minimum atomic E-state index is -0.355. The molecule has 0 saturated carbocycles. The maximum Gasteiger partial charge on any atom is 0.142 e. The summed E-state index contributed by atoms with van der Waals surface area (Å²) in [6, 6.07) is 5.19. The number of ether oxygens (including phenoxy) is 1. The van der Waals surface area contributed by atoms with Crippen molar-refractivity contribution >= 4 is 11.6 Å². The van der Waals surface area contributed by atoms with Gasteiger partial charge in [-0.1, -0.05) is 30.7 Å². The smallest absolute Gasteiger partial charge is 0.142 e. The van der Waals surface area contributed by atoms with Gasteiger partial charge in [-0.15, -0.1) is 0 Å². The first kappa shape index (κ1) is 15.4. The van der Waals surface area contributed by atoms with Crippen LogP contribution >= 0.6 is 11.6 Å². The number of benzene rings is 1. The molecule has 0 aromatic heterocycles. The Bertz CT molecular complexity index is 360. The van der Waals surface area contributed by atoms with Crippen LogP contribution in [0.4, 0.5) is 4.39 Å². The predicted molar refractivity (Wildman–Crippen MR) is 73.7 cm³/mol. The number of hydrogen-bond donors (Lipinski definition) is 1. The Morgan fingerprint density at radius 3 is 2.83 bits per heavy atom. The highest BCUT2D eigenvalue weighted by molar-refractivity contribution is 6.31. The van der Waals surface area contributed by atoms with Gasteiger partial charge in [0.15, 0.2) is 0 Å². The van der Waals surface area contributed by atoms with Gasteiger partial charge in [0.2, 0.25) is 0 Å². The average Bonchev–Trinajstić information content (AvgIpc) is 2.38. The van der Waals surface area contributed by atoms with Crippen molar-refractivity contribution in [3.63, 3.8) is 0 Å². The lowest BCUT2D eigenvalue weighted by Crippen LogP contribution is -2.29. The SMILES string of the molecule is CCCOCCC(Cc1cccc(F)c1Cl)NC. The van der Waals surface area contributed by atoms with Crippen molar-refractivity contribution in [1.82, 2.24) is 5.32 Å². The molecule has 1 atom stereocenters. The van der Waals surface area contributed by atoms with E-state index in [1.807, 2.05) is 13.1 Å². The second kappa shape index (κ2) is 8.46. The van der Waals surface area contributed by atoms with Gasteiger partial charge in [-0.25, -0.2) is 4.39 Å². The second-order valence-corrected chi connectivity index (χ2v) is 4.68. The minimum Gasteiger partial charge on any atom is -0.381 e. The number of nitrogens with one attached hydrogen (secondary N) is 1. The minimum absolute atomic E-state index is 0.229. The molecule has 2 nitrogen and oxygen atoms in total. The van der Waals surface area contributed by atoms with Crippen LogP contribution in [0, 0.1) is 5.82 Å². The highest BCUT2D eigenvalue weighted by atomic mass is 35.5. The van der Waals surface area contributed by atoms with Crippen molar-refractivity contribution in [3.8, 4) is 0 Å². The highest BCUT2D eigenvalue weighted by Gasteiger charge is 2.11. The number of likely N-dealkylation sites (N-methyl/N-ethyl adjacent to an activating group) is 1. The van der Waals surface area contributed by atoms with Gasteiger partial charge in [0, 0.05) is 19.3 Å². The molecular weight excluding hydrogens is 253 g/mol. The van der Waals surface area contributed by atoms with Gasteiger partial charge < -0.3 is 10.1 Å². The molecule has 0 aliphatic rings.